The fourth-order valence-electron chi connectivity index (χ4n) is 1.03. The third kappa shape index (κ3) is 4.99. The molecule has 0 radical (unpaired) electrons. The van der Waals surface area contributed by atoms with Crippen molar-refractivity contribution in [2.24, 2.45) is 0 Å². The number of aryl methyl sites for hydroxylation is 1. The third-order valence-electron chi connectivity index (χ3n) is 1.93. The second-order valence-electron chi connectivity index (χ2n) is 3.35. The summed E-state index contributed by atoms with van der Waals surface area (Å²) in [5, 5.41) is 0. The Morgan fingerprint density at radius 2 is 1.16 bits per heavy atom. The summed E-state index contributed by atoms with van der Waals surface area (Å²) in [6.07, 6.45) is 0. The van der Waals surface area contributed by atoms with Crippen LogP contribution in [-0.4, -0.2) is 0 Å². The summed E-state index contributed by atoms with van der Waals surface area (Å²) in [6.45, 7) is 2.08. The summed E-state index contributed by atoms with van der Waals surface area (Å²) < 4.78 is 59.9. The van der Waals surface area contributed by atoms with Crippen molar-refractivity contribution < 1.29 is 38.4 Å². The molecule has 0 fully saturated rings. The first kappa shape index (κ1) is 17.6. The van der Waals surface area contributed by atoms with E-state index in [4.69, 9.17) is 0 Å². The van der Waals surface area contributed by atoms with Crippen LogP contribution < -0.4 is 0 Å². The van der Waals surface area contributed by atoms with Gasteiger partial charge in [0.15, 0.2) is 0 Å². The van der Waals surface area contributed by atoms with E-state index in [0.29, 0.717) is 0 Å². The first-order valence-electron chi connectivity index (χ1n) is 4.86. The zero-order valence-corrected chi connectivity index (χ0v) is 10.6. The minimum absolute atomic E-state index is 0. The number of halogens is 5. The van der Waals surface area contributed by atoms with E-state index in [1.54, 1.807) is 0 Å². The van der Waals surface area contributed by atoms with E-state index < -0.39 is 29.1 Å². The van der Waals surface area contributed by atoms with Crippen LogP contribution in [0.3, 0.4) is 0 Å². The van der Waals surface area contributed by atoms with E-state index in [1.165, 1.54) is 5.56 Å². The summed E-state index contributed by atoms with van der Waals surface area (Å²) in [5.74, 6) is -10.0. The Hall–Kier alpha value is -1.42. The Kier molecular flexibility index (Phi) is 7.31. The van der Waals surface area contributed by atoms with Crippen molar-refractivity contribution in [3.63, 3.8) is 0 Å². The van der Waals surface area contributed by atoms with E-state index in [9.17, 15) is 22.0 Å². The topological polar surface area (TPSA) is 0 Å². The number of hydrogen-bond acceptors (Lipinski definition) is 0. The third-order valence-corrected chi connectivity index (χ3v) is 1.93. The molecule has 106 valence electrons. The van der Waals surface area contributed by atoms with Crippen molar-refractivity contribution >= 4 is 0 Å². The second-order valence-corrected chi connectivity index (χ2v) is 3.35. The fourth-order valence-corrected chi connectivity index (χ4v) is 1.03. The Balaban J connectivity index is 0.000000352. The molecule has 0 aromatic heterocycles. The normalized spacial score (nSPS) is 9.16. The Morgan fingerprint density at radius 1 is 0.737 bits per heavy atom. The van der Waals surface area contributed by atoms with Crippen LogP contribution in [0.2, 0.25) is 0 Å². The van der Waals surface area contributed by atoms with Crippen LogP contribution in [0.15, 0.2) is 30.3 Å². The summed E-state index contributed by atoms with van der Waals surface area (Å²) >= 11 is 0. The van der Waals surface area contributed by atoms with Crippen LogP contribution >= 0.6 is 0 Å². The summed E-state index contributed by atoms with van der Waals surface area (Å²) in [7, 11) is 0. The molecule has 0 unspecified atom stereocenters. The summed E-state index contributed by atoms with van der Waals surface area (Å²) in [6, 6.07) is 11.3. The van der Waals surface area contributed by atoms with Crippen molar-refractivity contribution in [2.45, 2.75) is 6.92 Å². The van der Waals surface area contributed by atoms with Crippen LogP contribution in [0.5, 0.6) is 0 Å². The van der Waals surface area contributed by atoms with Crippen LogP contribution in [0.4, 0.5) is 22.0 Å². The maximum atomic E-state index is 12.0. The molecule has 6 heteroatoms. The predicted octanol–water partition coefficient (Wildman–Crippen LogP) is 4.17. The largest absolute Gasteiger partial charge is 0.278 e. The Bertz CT molecular complexity index is 502. The molecule has 0 saturated heterocycles. The van der Waals surface area contributed by atoms with Gasteiger partial charge in [0.2, 0.25) is 0 Å². The molecule has 0 amide bonds. The van der Waals surface area contributed by atoms with E-state index >= 15 is 0 Å². The van der Waals surface area contributed by atoms with Crippen molar-refractivity contribution in [3.05, 3.63) is 71.0 Å². The number of rotatable bonds is 0. The predicted molar refractivity (Wildman–Crippen MR) is 56.2 cm³/mol. The van der Waals surface area contributed by atoms with Gasteiger partial charge < -0.3 is 0 Å². The van der Waals surface area contributed by atoms with Gasteiger partial charge in [0.1, 0.15) is 0 Å². The molecule has 0 heterocycles. The van der Waals surface area contributed by atoms with E-state index in [-0.39, 0.29) is 16.5 Å². The van der Waals surface area contributed by atoms with Crippen molar-refractivity contribution in [1.29, 1.82) is 0 Å². The molecular formula is C13H8F5Ni-. The summed E-state index contributed by atoms with van der Waals surface area (Å²) in [4.78, 5) is 0. The van der Waals surface area contributed by atoms with Gasteiger partial charge in [-0.15, -0.1) is 6.07 Å². The van der Waals surface area contributed by atoms with Gasteiger partial charge in [-0.1, -0.05) is 35.9 Å². The molecule has 0 bridgehead atoms. The molecule has 0 saturated carbocycles. The van der Waals surface area contributed by atoms with Gasteiger partial charge in [-0.25, -0.2) is 13.2 Å². The fraction of sp³-hybridized carbons (Fsp3) is 0.0769. The van der Waals surface area contributed by atoms with Crippen molar-refractivity contribution in [1.82, 2.24) is 0 Å². The quantitative estimate of drug-likeness (QED) is 0.225. The van der Waals surface area contributed by atoms with Gasteiger partial charge in [0, 0.05) is 16.5 Å². The number of benzene rings is 2. The zero-order valence-electron chi connectivity index (χ0n) is 9.59. The first-order chi connectivity index (χ1) is 8.43. The molecule has 0 aliphatic rings. The van der Waals surface area contributed by atoms with Crippen LogP contribution in [0, 0.1) is 42.1 Å². The van der Waals surface area contributed by atoms with E-state index in [2.05, 4.69) is 19.1 Å². The van der Waals surface area contributed by atoms with Crippen LogP contribution in [-0.2, 0) is 16.5 Å². The van der Waals surface area contributed by atoms with Crippen molar-refractivity contribution in [2.75, 3.05) is 0 Å². The van der Waals surface area contributed by atoms with Gasteiger partial charge >= 0.3 is 0 Å². The maximum absolute atomic E-state index is 12.0. The molecular weight excluding hydrogens is 310 g/mol. The van der Waals surface area contributed by atoms with E-state index in [0.717, 1.165) is 6.07 Å². The smallest absolute Gasteiger partial charge is 0.0893 e. The average molecular weight is 318 g/mol. The van der Waals surface area contributed by atoms with Gasteiger partial charge in [-0.3, -0.25) is 8.78 Å². The number of hydrogen-bond donors (Lipinski definition) is 0. The average Bonchev–Trinajstić information content (AvgIpc) is 2.36. The first-order valence-corrected chi connectivity index (χ1v) is 4.86. The minimum Gasteiger partial charge on any atom is -0.278 e. The van der Waals surface area contributed by atoms with Gasteiger partial charge in [-0.2, -0.15) is 0 Å². The Labute approximate surface area is 117 Å². The molecule has 0 aliphatic carbocycles. The van der Waals surface area contributed by atoms with E-state index in [1.807, 2.05) is 18.2 Å². The van der Waals surface area contributed by atoms with Crippen LogP contribution in [0.25, 0.3) is 0 Å². The molecule has 0 N–H and O–H groups in total. The van der Waals surface area contributed by atoms with Crippen molar-refractivity contribution in [3.8, 4) is 0 Å². The molecule has 2 aromatic carbocycles. The van der Waals surface area contributed by atoms with Gasteiger partial charge in [-0.05, 0) is 6.92 Å². The zero-order chi connectivity index (χ0) is 13.7. The molecule has 0 spiro atoms. The molecule has 19 heavy (non-hydrogen) atoms. The monoisotopic (exact) mass is 317 g/mol. The van der Waals surface area contributed by atoms with Crippen LogP contribution in [0.1, 0.15) is 5.56 Å². The molecule has 2 rings (SSSR count). The summed E-state index contributed by atoms with van der Waals surface area (Å²) in [5.41, 5.74) is 1.32. The Morgan fingerprint density at radius 3 is 1.47 bits per heavy atom. The molecule has 0 nitrogen and oxygen atoms in total. The molecule has 0 atom stereocenters. The molecule has 0 aliphatic heterocycles. The maximum Gasteiger partial charge on any atom is 0.0893 e. The minimum atomic E-state index is -2.17. The standard InChI is InChI=1S/C7H8.C6F5.Ni/c1-7-5-3-2-4-6-7;7-2-1-3(8)5(10)6(11)4(2)9;/h2-6H,1H3;;/q;-1;. The molecule has 2 aromatic rings. The van der Waals surface area contributed by atoms with Gasteiger partial charge in [0.05, 0.1) is 29.1 Å². The van der Waals surface area contributed by atoms with Gasteiger partial charge in [0.25, 0.3) is 0 Å². The second kappa shape index (κ2) is 7.90. The SMILES string of the molecule is Cc1ccccc1.Fc1[c-]c(F)c(F)c(F)c1F.[Ni].